The number of imide groups is 1. The molecule has 156 valence electrons. The molecule has 0 spiro atoms. The largest absolute Gasteiger partial charge is 0.381 e. The molecule has 2 aliphatic rings. The summed E-state index contributed by atoms with van der Waals surface area (Å²) in [5, 5.41) is 9.07. The quantitative estimate of drug-likeness (QED) is 0.613. The lowest BCUT2D eigenvalue weighted by Crippen LogP contribution is -2.52. The van der Waals surface area contributed by atoms with Crippen molar-refractivity contribution < 1.29 is 14.4 Å². The fourth-order valence-corrected chi connectivity index (χ4v) is 4.02. The van der Waals surface area contributed by atoms with Crippen LogP contribution in [-0.2, 0) is 29.2 Å². The molecule has 30 heavy (non-hydrogen) atoms. The molecule has 2 aromatic rings. The summed E-state index contributed by atoms with van der Waals surface area (Å²) in [4.78, 5) is 38.2. The van der Waals surface area contributed by atoms with Crippen LogP contribution < -0.4 is 16.0 Å². The summed E-state index contributed by atoms with van der Waals surface area (Å²) in [6, 6.07) is 13.4. The van der Waals surface area contributed by atoms with Gasteiger partial charge >= 0.3 is 0 Å². The summed E-state index contributed by atoms with van der Waals surface area (Å²) in [6.07, 6.45) is 0.631. The van der Waals surface area contributed by atoms with Gasteiger partial charge in [-0.3, -0.25) is 19.7 Å². The van der Waals surface area contributed by atoms with Crippen LogP contribution in [0.4, 0.5) is 5.69 Å². The van der Waals surface area contributed by atoms with Crippen LogP contribution in [0.3, 0.4) is 0 Å². The standard InChI is InChI=1S/C23H26N4O3/c1-2-24-12-15-6-8-17(9-7-15)25-13-16-4-3-5-18-19(16)14-27(23(18)30)20-10-11-21(28)26-22(20)29/h3-9,20,24-25H,2,10-14H2,1H3,(H,26,28,29). The van der Waals surface area contributed by atoms with Crippen molar-refractivity contribution in [2.75, 3.05) is 11.9 Å². The molecule has 2 aromatic carbocycles. The Kier molecular flexibility index (Phi) is 5.81. The van der Waals surface area contributed by atoms with E-state index in [1.165, 1.54) is 5.56 Å². The third-order valence-corrected chi connectivity index (χ3v) is 5.70. The van der Waals surface area contributed by atoms with E-state index in [-0.39, 0.29) is 24.1 Å². The number of carbonyl (C=O) groups excluding carboxylic acids is 3. The van der Waals surface area contributed by atoms with Gasteiger partial charge in [-0.15, -0.1) is 0 Å². The zero-order chi connectivity index (χ0) is 21.1. The first-order valence-electron chi connectivity index (χ1n) is 10.4. The molecule has 0 aliphatic carbocycles. The van der Waals surface area contributed by atoms with Crippen LogP contribution in [0.25, 0.3) is 0 Å². The number of anilines is 1. The van der Waals surface area contributed by atoms with Gasteiger partial charge in [0.15, 0.2) is 0 Å². The van der Waals surface area contributed by atoms with Crippen molar-refractivity contribution in [2.45, 2.75) is 45.4 Å². The van der Waals surface area contributed by atoms with Crippen LogP contribution >= 0.6 is 0 Å². The number of nitrogens with one attached hydrogen (secondary N) is 3. The Morgan fingerprint density at radius 1 is 1.07 bits per heavy atom. The maximum absolute atomic E-state index is 12.9. The van der Waals surface area contributed by atoms with Crippen molar-refractivity contribution in [2.24, 2.45) is 0 Å². The van der Waals surface area contributed by atoms with E-state index in [1.54, 1.807) is 4.90 Å². The first-order valence-corrected chi connectivity index (χ1v) is 10.4. The molecule has 0 aromatic heterocycles. The Morgan fingerprint density at radius 2 is 1.87 bits per heavy atom. The predicted octanol–water partition coefficient (Wildman–Crippen LogP) is 2.17. The second-order valence-corrected chi connectivity index (χ2v) is 7.67. The molecular formula is C23H26N4O3. The fourth-order valence-electron chi connectivity index (χ4n) is 4.02. The maximum atomic E-state index is 12.9. The molecule has 2 heterocycles. The van der Waals surface area contributed by atoms with E-state index in [1.807, 2.05) is 18.2 Å². The maximum Gasteiger partial charge on any atom is 0.255 e. The number of hydrogen-bond acceptors (Lipinski definition) is 5. The van der Waals surface area contributed by atoms with E-state index >= 15 is 0 Å². The smallest absolute Gasteiger partial charge is 0.255 e. The van der Waals surface area contributed by atoms with Crippen LogP contribution in [0.5, 0.6) is 0 Å². The Bertz CT molecular complexity index is 971. The van der Waals surface area contributed by atoms with Crippen LogP contribution in [0.1, 0.15) is 46.8 Å². The molecule has 1 saturated heterocycles. The van der Waals surface area contributed by atoms with Crippen molar-refractivity contribution in [3.63, 3.8) is 0 Å². The topological polar surface area (TPSA) is 90.5 Å². The summed E-state index contributed by atoms with van der Waals surface area (Å²) < 4.78 is 0. The van der Waals surface area contributed by atoms with Gasteiger partial charge in [0.05, 0.1) is 0 Å². The van der Waals surface area contributed by atoms with Gasteiger partial charge in [-0.2, -0.15) is 0 Å². The molecule has 0 radical (unpaired) electrons. The van der Waals surface area contributed by atoms with Gasteiger partial charge in [0, 0.05) is 37.3 Å². The molecule has 7 heteroatoms. The predicted molar refractivity (Wildman–Crippen MR) is 114 cm³/mol. The SMILES string of the molecule is CCNCc1ccc(NCc2cccc3c2CN(C2CCC(=O)NC2=O)C3=O)cc1. The van der Waals surface area contributed by atoms with Gasteiger partial charge in [-0.05, 0) is 47.9 Å². The molecule has 1 fully saturated rings. The van der Waals surface area contributed by atoms with E-state index in [4.69, 9.17) is 0 Å². The molecule has 0 saturated carbocycles. The van der Waals surface area contributed by atoms with Gasteiger partial charge in [0.25, 0.3) is 5.91 Å². The highest BCUT2D eigenvalue weighted by atomic mass is 16.2. The first-order chi connectivity index (χ1) is 14.6. The number of carbonyl (C=O) groups is 3. The highest BCUT2D eigenvalue weighted by Crippen LogP contribution is 2.30. The highest BCUT2D eigenvalue weighted by molar-refractivity contribution is 6.05. The fraction of sp³-hybridized carbons (Fsp3) is 0.348. The summed E-state index contributed by atoms with van der Waals surface area (Å²) in [6.45, 7) is 4.85. The van der Waals surface area contributed by atoms with Crippen LogP contribution in [0.2, 0.25) is 0 Å². The molecule has 3 N–H and O–H groups in total. The molecule has 2 aliphatic heterocycles. The molecule has 4 rings (SSSR count). The van der Waals surface area contributed by atoms with Crippen molar-refractivity contribution >= 4 is 23.4 Å². The summed E-state index contributed by atoms with van der Waals surface area (Å²) in [5.74, 6) is -0.805. The van der Waals surface area contributed by atoms with E-state index in [0.717, 1.165) is 29.9 Å². The van der Waals surface area contributed by atoms with Gasteiger partial charge in [-0.1, -0.05) is 31.2 Å². The van der Waals surface area contributed by atoms with Gasteiger partial charge in [0.1, 0.15) is 6.04 Å². The van der Waals surface area contributed by atoms with Crippen molar-refractivity contribution in [3.05, 3.63) is 64.7 Å². The minimum absolute atomic E-state index is 0.144. The van der Waals surface area contributed by atoms with Crippen LogP contribution in [0, 0.1) is 0 Å². The molecule has 0 bridgehead atoms. The number of benzene rings is 2. The lowest BCUT2D eigenvalue weighted by atomic mass is 10.0. The molecule has 3 amide bonds. The summed E-state index contributed by atoms with van der Waals surface area (Å²) >= 11 is 0. The summed E-state index contributed by atoms with van der Waals surface area (Å²) in [7, 11) is 0. The van der Waals surface area contributed by atoms with Crippen molar-refractivity contribution in [1.82, 2.24) is 15.5 Å². The molecule has 1 unspecified atom stereocenters. The number of rotatable bonds is 7. The number of piperidine rings is 1. The Labute approximate surface area is 175 Å². The monoisotopic (exact) mass is 406 g/mol. The molecular weight excluding hydrogens is 380 g/mol. The first kappa shape index (κ1) is 20.1. The number of fused-ring (bicyclic) bond motifs is 1. The average molecular weight is 406 g/mol. The minimum atomic E-state index is -0.590. The van der Waals surface area contributed by atoms with Gasteiger partial charge < -0.3 is 15.5 Å². The number of amides is 3. The van der Waals surface area contributed by atoms with E-state index < -0.39 is 6.04 Å². The zero-order valence-corrected chi connectivity index (χ0v) is 17.0. The third kappa shape index (κ3) is 4.07. The highest BCUT2D eigenvalue weighted by Gasteiger charge is 2.39. The Hall–Kier alpha value is -3.19. The second kappa shape index (κ2) is 8.67. The van der Waals surface area contributed by atoms with E-state index in [9.17, 15) is 14.4 Å². The average Bonchev–Trinajstić information content (AvgIpc) is 3.08. The zero-order valence-electron chi connectivity index (χ0n) is 17.0. The molecule has 7 nitrogen and oxygen atoms in total. The lowest BCUT2D eigenvalue weighted by molar-refractivity contribution is -0.136. The van der Waals surface area contributed by atoms with Crippen LogP contribution in [-0.4, -0.2) is 35.2 Å². The van der Waals surface area contributed by atoms with Gasteiger partial charge in [0.2, 0.25) is 11.8 Å². The van der Waals surface area contributed by atoms with E-state index in [0.29, 0.717) is 25.1 Å². The Morgan fingerprint density at radius 3 is 2.60 bits per heavy atom. The normalized spacial score (nSPS) is 18.4. The van der Waals surface area contributed by atoms with Crippen LogP contribution in [0.15, 0.2) is 42.5 Å². The van der Waals surface area contributed by atoms with Gasteiger partial charge in [-0.25, -0.2) is 0 Å². The summed E-state index contributed by atoms with van der Waals surface area (Å²) in [5.41, 5.74) is 4.86. The number of hydrogen-bond donors (Lipinski definition) is 3. The number of nitrogens with zero attached hydrogens (tertiary/aromatic N) is 1. The van der Waals surface area contributed by atoms with E-state index in [2.05, 4.69) is 47.1 Å². The second-order valence-electron chi connectivity index (χ2n) is 7.67. The lowest BCUT2D eigenvalue weighted by Gasteiger charge is -2.29. The Balaban J connectivity index is 1.45. The minimum Gasteiger partial charge on any atom is -0.381 e. The third-order valence-electron chi connectivity index (χ3n) is 5.70. The molecule has 1 atom stereocenters. The van der Waals surface area contributed by atoms with Crippen molar-refractivity contribution in [3.8, 4) is 0 Å². The van der Waals surface area contributed by atoms with Crippen molar-refractivity contribution in [1.29, 1.82) is 0 Å².